The van der Waals surface area contributed by atoms with Gasteiger partial charge in [0.25, 0.3) is 5.56 Å². The molecular weight excluding hydrogens is 320 g/mol. The summed E-state index contributed by atoms with van der Waals surface area (Å²) in [5.41, 5.74) is 0.251. The molecule has 1 aromatic heterocycles. The van der Waals surface area contributed by atoms with E-state index in [9.17, 15) is 9.59 Å². The molecule has 1 N–H and O–H groups in total. The summed E-state index contributed by atoms with van der Waals surface area (Å²) in [6.45, 7) is 2.11. The summed E-state index contributed by atoms with van der Waals surface area (Å²) in [6.07, 6.45) is 0. The van der Waals surface area contributed by atoms with Gasteiger partial charge in [-0.1, -0.05) is 0 Å². The van der Waals surface area contributed by atoms with Crippen molar-refractivity contribution >= 4 is 28.6 Å². The predicted octanol–water partition coefficient (Wildman–Crippen LogP) is 1.74. The average molecular weight is 338 g/mol. The number of H-pyrrole nitrogens is 1. The van der Waals surface area contributed by atoms with Crippen LogP contribution in [0.25, 0.3) is 10.9 Å². The molecule has 1 heterocycles. The highest BCUT2D eigenvalue weighted by molar-refractivity contribution is 7.99. The Morgan fingerprint density at radius 1 is 1.26 bits per heavy atom. The van der Waals surface area contributed by atoms with Gasteiger partial charge in [0.1, 0.15) is 5.82 Å². The van der Waals surface area contributed by atoms with Crippen molar-refractivity contribution in [3.8, 4) is 11.5 Å². The van der Waals surface area contributed by atoms with Gasteiger partial charge in [-0.25, -0.2) is 4.98 Å². The molecular formula is C15H18N2O5S. The van der Waals surface area contributed by atoms with Crippen LogP contribution < -0.4 is 15.0 Å². The fourth-order valence-electron chi connectivity index (χ4n) is 2.02. The number of nitrogens with zero attached hydrogens (tertiary/aromatic N) is 1. The van der Waals surface area contributed by atoms with Crippen LogP contribution in [0.5, 0.6) is 11.5 Å². The molecule has 0 aliphatic carbocycles. The van der Waals surface area contributed by atoms with Crippen LogP contribution in [-0.2, 0) is 15.3 Å². The Kier molecular flexibility index (Phi) is 5.86. The van der Waals surface area contributed by atoms with E-state index in [0.29, 0.717) is 40.6 Å². The normalized spacial score (nSPS) is 10.6. The first-order valence-electron chi connectivity index (χ1n) is 6.97. The smallest absolute Gasteiger partial charge is 0.315 e. The van der Waals surface area contributed by atoms with Crippen molar-refractivity contribution < 1.29 is 19.0 Å². The first-order valence-corrected chi connectivity index (χ1v) is 8.12. The largest absolute Gasteiger partial charge is 0.493 e. The van der Waals surface area contributed by atoms with E-state index in [1.54, 1.807) is 19.1 Å². The van der Waals surface area contributed by atoms with Crippen molar-refractivity contribution in [2.75, 3.05) is 26.6 Å². The molecule has 0 spiro atoms. The third-order valence-electron chi connectivity index (χ3n) is 3.02. The lowest BCUT2D eigenvalue weighted by molar-refractivity contribution is -0.139. The monoisotopic (exact) mass is 338 g/mol. The van der Waals surface area contributed by atoms with E-state index < -0.39 is 0 Å². The van der Waals surface area contributed by atoms with Gasteiger partial charge >= 0.3 is 5.97 Å². The first kappa shape index (κ1) is 17.1. The van der Waals surface area contributed by atoms with Crippen molar-refractivity contribution in [3.63, 3.8) is 0 Å². The van der Waals surface area contributed by atoms with Crippen molar-refractivity contribution in [1.82, 2.24) is 9.97 Å². The second kappa shape index (κ2) is 7.87. The van der Waals surface area contributed by atoms with E-state index in [1.165, 1.54) is 26.0 Å². The Morgan fingerprint density at radius 3 is 2.61 bits per heavy atom. The molecule has 0 aliphatic heterocycles. The SMILES string of the molecule is CCOC(=O)CSCc1nc2cc(OC)c(OC)cc2c(=O)[nH]1. The number of esters is 1. The Morgan fingerprint density at radius 2 is 1.96 bits per heavy atom. The summed E-state index contributed by atoms with van der Waals surface area (Å²) in [5.74, 6) is 1.79. The topological polar surface area (TPSA) is 90.5 Å². The molecule has 0 atom stereocenters. The van der Waals surface area contributed by atoms with Gasteiger partial charge in [0.15, 0.2) is 11.5 Å². The minimum atomic E-state index is -0.285. The zero-order valence-electron chi connectivity index (χ0n) is 13.2. The molecule has 7 nitrogen and oxygen atoms in total. The number of rotatable bonds is 7. The number of benzene rings is 1. The van der Waals surface area contributed by atoms with E-state index in [4.69, 9.17) is 14.2 Å². The number of carbonyl (C=O) groups excluding carboxylic acids is 1. The average Bonchev–Trinajstić information content (AvgIpc) is 2.54. The molecule has 23 heavy (non-hydrogen) atoms. The second-order valence-corrected chi connectivity index (χ2v) is 5.52. The zero-order chi connectivity index (χ0) is 16.8. The van der Waals surface area contributed by atoms with E-state index >= 15 is 0 Å². The van der Waals surface area contributed by atoms with Gasteiger partial charge in [0.05, 0.1) is 43.2 Å². The zero-order valence-corrected chi connectivity index (χ0v) is 14.0. The Balaban J connectivity index is 2.23. The second-order valence-electron chi connectivity index (χ2n) is 4.53. The number of aromatic amines is 1. The van der Waals surface area contributed by atoms with E-state index in [1.807, 2.05) is 0 Å². The van der Waals surface area contributed by atoms with Crippen LogP contribution in [0.15, 0.2) is 16.9 Å². The Labute approximate surface area is 137 Å². The van der Waals surface area contributed by atoms with Crippen LogP contribution in [0, 0.1) is 0 Å². The van der Waals surface area contributed by atoms with E-state index in [2.05, 4.69) is 9.97 Å². The lowest BCUT2D eigenvalue weighted by Gasteiger charge is -2.09. The van der Waals surface area contributed by atoms with Crippen LogP contribution >= 0.6 is 11.8 Å². The third kappa shape index (κ3) is 4.16. The van der Waals surface area contributed by atoms with Crippen molar-refractivity contribution in [2.45, 2.75) is 12.7 Å². The number of ether oxygens (including phenoxy) is 3. The number of aromatic nitrogens is 2. The fourth-order valence-corrected chi connectivity index (χ4v) is 2.70. The van der Waals surface area contributed by atoms with E-state index in [0.717, 1.165) is 0 Å². The van der Waals surface area contributed by atoms with Gasteiger partial charge in [-0.05, 0) is 13.0 Å². The maximum atomic E-state index is 12.2. The molecule has 0 fully saturated rings. The highest BCUT2D eigenvalue weighted by Crippen LogP contribution is 2.30. The van der Waals surface area contributed by atoms with Gasteiger partial charge in [-0.2, -0.15) is 0 Å². The molecule has 8 heteroatoms. The van der Waals surface area contributed by atoms with Gasteiger partial charge in [0, 0.05) is 6.07 Å². The summed E-state index contributed by atoms with van der Waals surface area (Å²) in [4.78, 5) is 30.6. The summed E-state index contributed by atoms with van der Waals surface area (Å²) in [7, 11) is 3.03. The summed E-state index contributed by atoms with van der Waals surface area (Å²) >= 11 is 1.33. The minimum absolute atomic E-state index is 0.210. The maximum absolute atomic E-state index is 12.2. The van der Waals surface area contributed by atoms with Gasteiger partial charge in [0.2, 0.25) is 0 Å². The number of nitrogens with one attached hydrogen (secondary N) is 1. The van der Waals surface area contributed by atoms with Gasteiger partial charge < -0.3 is 19.2 Å². The molecule has 2 aromatic rings. The molecule has 0 saturated heterocycles. The van der Waals surface area contributed by atoms with Crippen LogP contribution in [0.2, 0.25) is 0 Å². The molecule has 0 radical (unpaired) electrons. The van der Waals surface area contributed by atoms with Crippen molar-refractivity contribution in [3.05, 3.63) is 28.3 Å². The van der Waals surface area contributed by atoms with E-state index in [-0.39, 0.29) is 17.3 Å². The number of hydrogen-bond donors (Lipinski definition) is 1. The highest BCUT2D eigenvalue weighted by Gasteiger charge is 2.11. The number of carbonyl (C=O) groups is 1. The molecule has 124 valence electrons. The standard InChI is InChI=1S/C15H18N2O5S/c1-4-22-14(18)8-23-7-13-16-10-6-12(21-3)11(20-2)5-9(10)15(19)17-13/h5-6H,4,7-8H2,1-3H3,(H,16,17,19). The van der Waals surface area contributed by atoms with Crippen LogP contribution in [0.4, 0.5) is 0 Å². The Hall–Kier alpha value is -2.22. The molecule has 0 bridgehead atoms. The third-order valence-corrected chi connectivity index (χ3v) is 3.94. The lowest BCUT2D eigenvalue weighted by atomic mass is 10.2. The molecule has 0 aliphatic rings. The quantitative estimate of drug-likeness (QED) is 0.769. The molecule has 0 unspecified atom stereocenters. The molecule has 0 saturated carbocycles. The summed E-state index contributed by atoms with van der Waals surface area (Å²) in [5, 5.41) is 0.418. The minimum Gasteiger partial charge on any atom is -0.493 e. The fraction of sp³-hybridized carbons (Fsp3) is 0.400. The summed E-state index contributed by atoms with van der Waals surface area (Å²) < 4.78 is 15.2. The molecule has 0 amide bonds. The van der Waals surface area contributed by atoms with Gasteiger partial charge in [-0.3, -0.25) is 9.59 Å². The first-order chi connectivity index (χ1) is 11.1. The number of thioether (sulfide) groups is 1. The van der Waals surface area contributed by atoms with Gasteiger partial charge in [-0.15, -0.1) is 11.8 Å². The number of fused-ring (bicyclic) bond motifs is 1. The van der Waals surface area contributed by atoms with Crippen molar-refractivity contribution in [2.24, 2.45) is 0 Å². The maximum Gasteiger partial charge on any atom is 0.315 e. The predicted molar refractivity (Wildman–Crippen MR) is 88.3 cm³/mol. The lowest BCUT2D eigenvalue weighted by Crippen LogP contribution is -2.12. The number of hydrogen-bond acceptors (Lipinski definition) is 7. The highest BCUT2D eigenvalue weighted by atomic mass is 32.2. The molecule has 2 rings (SSSR count). The summed E-state index contributed by atoms with van der Waals surface area (Å²) in [6, 6.07) is 3.25. The number of methoxy groups -OCH3 is 2. The van der Waals surface area contributed by atoms with Crippen LogP contribution in [-0.4, -0.2) is 42.5 Å². The van der Waals surface area contributed by atoms with Crippen LogP contribution in [0.3, 0.4) is 0 Å². The van der Waals surface area contributed by atoms with Crippen molar-refractivity contribution in [1.29, 1.82) is 0 Å². The Bertz CT molecular complexity index is 759. The van der Waals surface area contributed by atoms with Crippen LogP contribution in [0.1, 0.15) is 12.7 Å². The molecule has 1 aromatic carbocycles.